The van der Waals surface area contributed by atoms with Gasteiger partial charge in [0.25, 0.3) is 5.91 Å². The van der Waals surface area contributed by atoms with Crippen LogP contribution >= 0.6 is 0 Å². The van der Waals surface area contributed by atoms with Gasteiger partial charge in [-0.25, -0.2) is 4.99 Å². The second-order valence-corrected chi connectivity index (χ2v) is 5.56. The minimum Gasteiger partial charge on any atom is -0.387 e. The van der Waals surface area contributed by atoms with Crippen LogP contribution in [-0.2, 0) is 14.3 Å². The molecule has 2 unspecified atom stereocenters. The van der Waals surface area contributed by atoms with Crippen LogP contribution in [0.4, 0.5) is 0 Å². The van der Waals surface area contributed by atoms with E-state index in [2.05, 4.69) is 20.6 Å². The first-order valence-electron chi connectivity index (χ1n) is 7.09. The summed E-state index contributed by atoms with van der Waals surface area (Å²) in [4.78, 5) is 32.4. The minimum atomic E-state index is -1.25. The van der Waals surface area contributed by atoms with E-state index in [4.69, 9.17) is 10.5 Å². The van der Waals surface area contributed by atoms with Crippen LogP contribution < -0.4 is 16.4 Å². The molecule has 126 valence electrons. The van der Waals surface area contributed by atoms with Gasteiger partial charge in [-0.2, -0.15) is 0 Å². The van der Waals surface area contributed by atoms with Crippen molar-refractivity contribution in [1.29, 1.82) is 0 Å². The number of hydrogen-bond donors (Lipinski definition) is 5. The molecule has 2 amide bonds. The predicted molar refractivity (Wildman–Crippen MR) is 77.0 cm³/mol. The Morgan fingerprint density at radius 2 is 2.26 bits per heavy atom. The molecular formula is C12H18N6O5. The maximum absolute atomic E-state index is 11.8. The number of ether oxygens (including phenoxy) is 1. The van der Waals surface area contributed by atoms with Gasteiger partial charge in [0.15, 0.2) is 24.4 Å². The molecule has 0 aromatic heterocycles. The van der Waals surface area contributed by atoms with E-state index in [1.165, 1.54) is 18.2 Å². The van der Waals surface area contributed by atoms with Gasteiger partial charge in [0.1, 0.15) is 18.3 Å². The first kappa shape index (κ1) is 15.6. The lowest BCUT2D eigenvalue weighted by Crippen LogP contribution is -2.56. The lowest BCUT2D eigenvalue weighted by Gasteiger charge is -2.32. The topological polar surface area (TPSA) is 162 Å². The molecule has 3 aliphatic heterocycles. The van der Waals surface area contributed by atoms with Gasteiger partial charge >= 0.3 is 0 Å². The van der Waals surface area contributed by atoms with Gasteiger partial charge in [-0.05, 0) is 0 Å². The summed E-state index contributed by atoms with van der Waals surface area (Å²) in [6.45, 7) is 1.39. The third-order valence-corrected chi connectivity index (χ3v) is 3.92. The summed E-state index contributed by atoms with van der Waals surface area (Å²) < 4.78 is 5.62. The van der Waals surface area contributed by atoms with Crippen molar-refractivity contribution >= 4 is 24.1 Å². The molecule has 11 heteroatoms. The average molecular weight is 326 g/mol. The van der Waals surface area contributed by atoms with Crippen LogP contribution in [0.5, 0.6) is 0 Å². The van der Waals surface area contributed by atoms with Crippen molar-refractivity contribution in [2.24, 2.45) is 15.7 Å². The number of carbonyl (C=O) groups excluding carboxylic acids is 2. The van der Waals surface area contributed by atoms with Crippen LogP contribution in [0.2, 0.25) is 0 Å². The molecule has 0 bridgehead atoms. The average Bonchev–Trinajstić information content (AvgIpc) is 3.00. The number of aliphatic imine (C=N–C) groups is 2. The Labute approximate surface area is 131 Å². The summed E-state index contributed by atoms with van der Waals surface area (Å²) in [6.07, 6.45) is -3.58. The molecule has 11 nitrogen and oxygen atoms in total. The van der Waals surface area contributed by atoms with E-state index in [0.717, 1.165) is 0 Å². The Morgan fingerprint density at radius 1 is 1.52 bits per heavy atom. The van der Waals surface area contributed by atoms with Crippen molar-refractivity contribution in [2.75, 3.05) is 6.54 Å². The zero-order valence-corrected chi connectivity index (χ0v) is 12.3. The number of nitrogens with two attached hydrogens (primary N) is 1. The molecule has 1 saturated heterocycles. The molecule has 23 heavy (non-hydrogen) atoms. The number of fused-ring (bicyclic) bond motifs is 1. The van der Waals surface area contributed by atoms with Gasteiger partial charge in [-0.15, -0.1) is 0 Å². The highest BCUT2D eigenvalue weighted by atomic mass is 16.6. The number of hydrogen-bond acceptors (Lipinski definition) is 9. The molecule has 1 fully saturated rings. The standard InChI is InChI=1S/C12H18N6O5/c1-4(19)14-2-5-7(20)8(21)11(23-5)18-3-15-6-9(18)16-12(13)17-10(6)22/h3,5-9,11,20-21H,2H2,1H3,(H,14,19)(H3,13,16,17,22)/t5-,6?,7-,8-,9?,11-/m1/s1. The first-order chi connectivity index (χ1) is 10.9. The zero-order valence-electron chi connectivity index (χ0n) is 12.3. The number of carbonyl (C=O) groups is 2. The van der Waals surface area contributed by atoms with E-state index in [1.807, 2.05) is 0 Å². The summed E-state index contributed by atoms with van der Waals surface area (Å²) in [5, 5.41) is 25.2. The molecule has 3 heterocycles. The van der Waals surface area contributed by atoms with Crippen LogP contribution in [0.1, 0.15) is 6.92 Å². The molecule has 3 aliphatic rings. The Bertz CT molecular complexity index is 580. The third kappa shape index (κ3) is 2.73. The van der Waals surface area contributed by atoms with Gasteiger partial charge in [0, 0.05) is 13.5 Å². The molecule has 0 aliphatic carbocycles. The molecular weight excluding hydrogens is 308 g/mol. The number of amides is 2. The Balaban J connectivity index is 1.74. The lowest BCUT2D eigenvalue weighted by molar-refractivity contribution is -0.124. The molecule has 3 rings (SSSR count). The second kappa shape index (κ2) is 5.76. The highest BCUT2D eigenvalue weighted by Crippen LogP contribution is 2.29. The highest BCUT2D eigenvalue weighted by molar-refractivity contribution is 6.02. The van der Waals surface area contributed by atoms with Crippen LogP contribution in [0, 0.1) is 0 Å². The fourth-order valence-corrected chi connectivity index (χ4v) is 2.78. The van der Waals surface area contributed by atoms with E-state index in [9.17, 15) is 19.8 Å². The van der Waals surface area contributed by atoms with Crippen molar-refractivity contribution in [3.05, 3.63) is 0 Å². The van der Waals surface area contributed by atoms with Crippen LogP contribution in [0.3, 0.4) is 0 Å². The van der Waals surface area contributed by atoms with Crippen LogP contribution in [-0.4, -0.2) is 82.5 Å². The van der Waals surface area contributed by atoms with E-state index < -0.39 is 42.7 Å². The Hall–Kier alpha value is -2.24. The van der Waals surface area contributed by atoms with Crippen molar-refractivity contribution in [1.82, 2.24) is 15.5 Å². The maximum Gasteiger partial charge on any atom is 0.255 e. The number of aliphatic hydroxyl groups is 2. The summed E-state index contributed by atoms with van der Waals surface area (Å²) >= 11 is 0. The fraction of sp³-hybridized carbons (Fsp3) is 0.667. The number of aliphatic hydroxyl groups excluding tert-OH is 2. The number of nitrogens with zero attached hydrogens (tertiary/aromatic N) is 3. The third-order valence-electron chi connectivity index (χ3n) is 3.92. The minimum absolute atomic E-state index is 0.0467. The predicted octanol–water partition coefficient (Wildman–Crippen LogP) is -3.95. The summed E-state index contributed by atoms with van der Waals surface area (Å²) in [6, 6.07) is -0.787. The van der Waals surface area contributed by atoms with Crippen LogP contribution in [0.15, 0.2) is 9.98 Å². The largest absolute Gasteiger partial charge is 0.387 e. The fourth-order valence-electron chi connectivity index (χ4n) is 2.78. The van der Waals surface area contributed by atoms with Gasteiger partial charge in [0.05, 0.1) is 6.34 Å². The SMILES string of the molecule is CC(=O)NC[C@H]1O[C@@H](N2C=NC3C(=O)NC(N)=NC32)[C@H](O)[C@@H]1O. The molecule has 0 aromatic rings. The normalized spacial score (nSPS) is 39.0. The molecule has 0 radical (unpaired) electrons. The summed E-state index contributed by atoms with van der Waals surface area (Å²) in [5.41, 5.74) is 5.55. The molecule has 6 N–H and O–H groups in total. The highest BCUT2D eigenvalue weighted by Gasteiger charge is 2.50. The molecule has 0 aromatic carbocycles. The van der Waals surface area contributed by atoms with Crippen molar-refractivity contribution in [3.8, 4) is 0 Å². The van der Waals surface area contributed by atoms with Gasteiger partial charge < -0.3 is 30.9 Å². The van der Waals surface area contributed by atoms with E-state index in [0.29, 0.717) is 0 Å². The second-order valence-electron chi connectivity index (χ2n) is 5.56. The number of nitrogens with one attached hydrogen (secondary N) is 2. The van der Waals surface area contributed by atoms with Gasteiger partial charge in [-0.1, -0.05) is 0 Å². The summed E-state index contributed by atoms with van der Waals surface area (Å²) in [5.74, 6) is -0.721. The van der Waals surface area contributed by atoms with E-state index in [-0.39, 0.29) is 18.4 Å². The zero-order chi connectivity index (χ0) is 16.7. The maximum atomic E-state index is 11.8. The summed E-state index contributed by atoms with van der Waals surface area (Å²) in [7, 11) is 0. The first-order valence-corrected chi connectivity index (χ1v) is 7.09. The Morgan fingerprint density at radius 3 is 2.96 bits per heavy atom. The Kier molecular flexibility index (Phi) is 3.92. The smallest absolute Gasteiger partial charge is 0.255 e. The van der Waals surface area contributed by atoms with Crippen molar-refractivity contribution in [3.63, 3.8) is 0 Å². The monoisotopic (exact) mass is 326 g/mol. The van der Waals surface area contributed by atoms with Crippen LogP contribution in [0.25, 0.3) is 0 Å². The van der Waals surface area contributed by atoms with E-state index >= 15 is 0 Å². The number of rotatable bonds is 3. The molecule has 0 saturated carbocycles. The van der Waals surface area contributed by atoms with Crippen molar-refractivity contribution < 1.29 is 24.5 Å². The van der Waals surface area contributed by atoms with E-state index in [1.54, 1.807) is 0 Å². The molecule has 0 spiro atoms. The molecule has 6 atom stereocenters. The van der Waals surface area contributed by atoms with Crippen molar-refractivity contribution in [2.45, 2.75) is 43.7 Å². The lowest BCUT2D eigenvalue weighted by atomic mass is 10.1. The quantitative estimate of drug-likeness (QED) is 0.353. The number of guanidine groups is 1. The van der Waals surface area contributed by atoms with Gasteiger partial charge in [-0.3, -0.25) is 19.9 Å². The van der Waals surface area contributed by atoms with Gasteiger partial charge in [0.2, 0.25) is 5.91 Å².